The number of aryl methyl sites for hydroxylation is 1. The van der Waals surface area contributed by atoms with E-state index < -0.39 is 15.9 Å². The summed E-state index contributed by atoms with van der Waals surface area (Å²) in [6.07, 6.45) is 0.324. The molecule has 2 N–H and O–H groups in total. The molecule has 0 atom stereocenters. The van der Waals surface area contributed by atoms with Gasteiger partial charge in [0.1, 0.15) is 11.6 Å². The molecule has 0 radical (unpaired) electrons. The lowest BCUT2D eigenvalue weighted by atomic mass is 10.1. The number of carbonyl (C=O) groups is 1. The minimum atomic E-state index is -3.96. The Morgan fingerprint density at radius 1 is 1.03 bits per heavy atom. The van der Waals surface area contributed by atoms with Crippen LogP contribution in [0.2, 0.25) is 0 Å². The van der Waals surface area contributed by atoms with Crippen LogP contribution in [0.3, 0.4) is 0 Å². The van der Waals surface area contributed by atoms with E-state index in [1.165, 1.54) is 19.2 Å². The maximum absolute atomic E-state index is 13.7. The number of amides is 1. The van der Waals surface area contributed by atoms with Crippen molar-refractivity contribution in [1.29, 1.82) is 0 Å². The van der Waals surface area contributed by atoms with Crippen molar-refractivity contribution in [2.45, 2.75) is 18.2 Å². The van der Waals surface area contributed by atoms with Gasteiger partial charge in [0.2, 0.25) is 0 Å². The van der Waals surface area contributed by atoms with Gasteiger partial charge < -0.3 is 10.1 Å². The average Bonchev–Trinajstić information content (AvgIpc) is 2.75. The molecule has 0 aliphatic rings. The first kappa shape index (κ1) is 22.3. The van der Waals surface area contributed by atoms with E-state index in [0.717, 1.165) is 0 Å². The fourth-order valence-electron chi connectivity index (χ4n) is 3.07. The monoisotopic (exact) mass is 442 g/mol. The average molecular weight is 443 g/mol. The molecule has 6 nitrogen and oxygen atoms in total. The summed E-state index contributed by atoms with van der Waals surface area (Å²) in [7, 11) is -2.51. The first-order valence-electron chi connectivity index (χ1n) is 9.60. The Balaban J connectivity index is 1.76. The second-order valence-corrected chi connectivity index (χ2v) is 8.53. The lowest BCUT2D eigenvalue weighted by Crippen LogP contribution is -2.26. The highest BCUT2D eigenvalue weighted by Crippen LogP contribution is 2.27. The Labute approximate surface area is 181 Å². The number of halogens is 1. The number of ether oxygens (including phenoxy) is 1. The van der Waals surface area contributed by atoms with Gasteiger partial charge in [0.05, 0.1) is 17.7 Å². The second-order valence-electron chi connectivity index (χ2n) is 6.88. The molecule has 1 amide bonds. The number of methoxy groups -OCH3 is 1. The first-order valence-corrected chi connectivity index (χ1v) is 11.1. The number of hydrogen-bond donors (Lipinski definition) is 2. The Hall–Kier alpha value is -3.39. The van der Waals surface area contributed by atoms with Crippen molar-refractivity contribution in [3.8, 4) is 5.75 Å². The van der Waals surface area contributed by atoms with Crippen LogP contribution in [0.15, 0.2) is 71.6 Å². The van der Waals surface area contributed by atoms with Crippen molar-refractivity contribution in [2.24, 2.45) is 0 Å². The zero-order valence-electron chi connectivity index (χ0n) is 17.2. The van der Waals surface area contributed by atoms with Crippen LogP contribution in [0, 0.1) is 12.7 Å². The van der Waals surface area contributed by atoms with Gasteiger partial charge in [-0.2, -0.15) is 0 Å². The van der Waals surface area contributed by atoms with Crippen molar-refractivity contribution in [3.05, 3.63) is 89.2 Å². The predicted octanol–water partition coefficient (Wildman–Crippen LogP) is 3.92. The van der Waals surface area contributed by atoms with E-state index in [0.29, 0.717) is 29.0 Å². The molecule has 0 heterocycles. The van der Waals surface area contributed by atoms with Gasteiger partial charge in [-0.3, -0.25) is 9.52 Å². The molecule has 8 heteroatoms. The predicted molar refractivity (Wildman–Crippen MR) is 117 cm³/mol. The van der Waals surface area contributed by atoms with Gasteiger partial charge >= 0.3 is 0 Å². The van der Waals surface area contributed by atoms with E-state index >= 15 is 0 Å². The highest BCUT2D eigenvalue weighted by atomic mass is 32.2. The molecular formula is C23H23FN2O4S. The molecule has 0 unspecified atom stereocenters. The summed E-state index contributed by atoms with van der Waals surface area (Å²) in [5.41, 5.74) is 1.48. The fraction of sp³-hybridized carbons (Fsp3) is 0.174. The zero-order chi connectivity index (χ0) is 22.4. The fourth-order valence-corrected chi connectivity index (χ4v) is 4.42. The van der Waals surface area contributed by atoms with Crippen LogP contribution in [-0.4, -0.2) is 28.0 Å². The number of nitrogens with one attached hydrogen (secondary N) is 2. The summed E-state index contributed by atoms with van der Waals surface area (Å²) < 4.78 is 47.3. The van der Waals surface area contributed by atoms with E-state index in [1.54, 1.807) is 61.5 Å². The molecule has 0 aliphatic carbocycles. The second kappa shape index (κ2) is 9.61. The Kier molecular flexibility index (Phi) is 6.91. The third-order valence-electron chi connectivity index (χ3n) is 4.73. The highest BCUT2D eigenvalue weighted by molar-refractivity contribution is 7.92. The smallest absolute Gasteiger partial charge is 0.262 e. The quantitative estimate of drug-likeness (QED) is 0.554. The van der Waals surface area contributed by atoms with E-state index in [9.17, 15) is 17.6 Å². The molecule has 31 heavy (non-hydrogen) atoms. The summed E-state index contributed by atoms with van der Waals surface area (Å²) in [5.74, 6) is -0.390. The number of anilines is 1. The van der Waals surface area contributed by atoms with Gasteiger partial charge in [0.25, 0.3) is 15.9 Å². The summed E-state index contributed by atoms with van der Waals surface area (Å²) >= 11 is 0. The van der Waals surface area contributed by atoms with Crippen LogP contribution in [0.25, 0.3) is 0 Å². The van der Waals surface area contributed by atoms with Crippen LogP contribution in [0.1, 0.15) is 21.5 Å². The minimum Gasteiger partial charge on any atom is -0.495 e. The van der Waals surface area contributed by atoms with Crippen molar-refractivity contribution < 1.29 is 22.3 Å². The third kappa shape index (κ3) is 5.40. The zero-order valence-corrected chi connectivity index (χ0v) is 18.0. The molecule has 3 rings (SSSR count). The van der Waals surface area contributed by atoms with Crippen molar-refractivity contribution in [3.63, 3.8) is 0 Å². The third-order valence-corrected chi connectivity index (χ3v) is 6.24. The molecule has 0 aliphatic heterocycles. The van der Waals surface area contributed by atoms with Gasteiger partial charge in [0, 0.05) is 12.1 Å². The minimum absolute atomic E-state index is 0.0137. The number of rotatable bonds is 8. The molecule has 0 saturated heterocycles. The van der Waals surface area contributed by atoms with Crippen molar-refractivity contribution in [2.75, 3.05) is 18.4 Å². The highest BCUT2D eigenvalue weighted by Gasteiger charge is 2.20. The maximum atomic E-state index is 13.7. The number of hydrogen-bond acceptors (Lipinski definition) is 4. The van der Waals surface area contributed by atoms with Crippen molar-refractivity contribution >= 4 is 21.6 Å². The molecule has 162 valence electrons. The normalized spacial score (nSPS) is 11.1. The summed E-state index contributed by atoms with van der Waals surface area (Å²) in [5, 5.41) is 2.70. The molecule has 0 saturated carbocycles. The number of benzene rings is 3. The number of sulfonamides is 1. The molecule has 0 spiro atoms. The van der Waals surface area contributed by atoms with Crippen LogP contribution < -0.4 is 14.8 Å². The Morgan fingerprint density at radius 2 is 1.74 bits per heavy atom. The largest absolute Gasteiger partial charge is 0.495 e. The van der Waals surface area contributed by atoms with Gasteiger partial charge in [-0.25, -0.2) is 12.8 Å². The van der Waals surface area contributed by atoms with E-state index in [-0.39, 0.29) is 22.8 Å². The van der Waals surface area contributed by atoms with Gasteiger partial charge in [-0.1, -0.05) is 36.4 Å². The van der Waals surface area contributed by atoms with E-state index in [2.05, 4.69) is 10.0 Å². The number of para-hydroxylation sites is 2. The lowest BCUT2D eigenvalue weighted by Gasteiger charge is -2.14. The Morgan fingerprint density at radius 3 is 2.48 bits per heavy atom. The van der Waals surface area contributed by atoms with Crippen LogP contribution in [0.5, 0.6) is 5.75 Å². The van der Waals surface area contributed by atoms with Crippen LogP contribution in [0.4, 0.5) is 10.1 Å². The lowest BCUT2D eigenvalue weighted by molar-refractivity contribution is 0.0954. The van der Waals surface area contributed by atoms with Gasteiger partial charge in [-0.15, -0.1) is 0 Å². The van der Waals surface area contributed by atoms with E-state index in [4.69, 9.17) is 4.74 Å². The van der Waals surface area contributed by atoms with Gasteiger partial charge in [-0.05, 0) is 54.8 Å². The summed E-state index contributed by atoms with van der Waals surface area (Å²) in [6.45, 7) is 1.87. The number of carbonyl (C=O) groups excluding carboxylic acids is 1. The molecule has 3 aromatic carbocycles. The SMILES string of the molecule is COc1ccccc1NS(=O)(=O)c1cc(C(=O)NCCc2ccccc2F)ccc1C. The van der Waals surface area contributed by atoms with Gasteiger partial charge in [0.15, 0.2) is 0 Å². The Bertz CT molecular complexity index is 1200. The molecule has 0 bridgehead atoms. The molecule has 3 aromatic rings. The first-order chi connectivity index (χ1) is 14.8. The molecular weight excluding hydrogens is 419 g/mol. The van der Waals surface area contributed by atoms with Crippen molar-refractivity contribution in [1.82, 2.24) is 5.32 Å². The van der Waals surface area contributed by atoms with Crippen LogP contribution >= 0.6 is 0 Å². The molecule has 0 fully saturated rings. The summed E-state index contributed by atoms with van der Waals surface area (Å²) in [6, 6.07) is 17.4. The summed E-state index contributed by atoms with van der Waals surface area (Å²) in [4.78, 5) is 12.5. The topological polar surface area (TPSA) is 84.5 Å². The van der Waals surface area contributed by atoms with Crippen LogP contribution in [-0.2, 0) is 16.4 Å². The van der Waals surface area contributed by atoms with E-state index in [1.807, 2.05) is 0 Å². The molecule has 0 aromatic heterocycles. The maximum Gasteiger partial charge on any atom is 0.262 e. The standard InChI is InChI=1S/C23H23FN2O4S/c1-16-11-12-18(23(27)25-14-13-17-7-3-4-8-19(17)24)15-22(16)31(28,29)26-20-9-5-6-10-21(20)30-2/h3-12,15,26H,13-14H2,1-2H3,(H,25,27).